The van der Waals surface area contributed by atoms with Gasteiger partial charge >= 0.3 is 0 Å². The third-order valence-electron chi connectivity index (χ3n) is 5.89. The summed E-state index contributed by atoms with van der Waals surface area (Å²) >= 11 is 0. The molecule has 0 unspecified atom stereocenters. The molecule has 0 aliphatic carbocycles. The van der Waals surface area contributed by atoms with Gasteiger partial charge in [0, 0.05) is 38.1 Å². The first kappa shape index (κ1) is 17.7. The van der Waals surface area contributed by atoms with Crippen molar-refractivity contribution in [3.63, 3.8) is 0 Å². The van der Waals surface area contributed by atoms with E-state index in [0.29, 0.717) is 12.0 Å². The smallest absolute Gasteiger partial charge is 0.0594 e. The van der Waals surface area contributed by atoms with Crippen molar-refractivity contribution in [1.82, 2.24) is 9.80 Å². The van der Waals surface area contributed by atoms with Crippen molar-refractivity contribution in [3.05, 3.63) is 71.8 Å². The van der Waals surface area contributed by atoms with Crippen LogP contribution in [0.5, 0.6) is 0 Å². The molecule has 3 nitrogen and oxygen atoms in total. The van der Waals surface area contributed by atoms with Crippen LogP contribution in [0.15, 0.2) is 60.7 Å². The average Bonchev–Trinajstić information content (AvgIpc) is 2.74. The van der Waals surface area contributed by atoms with Crippen molar-refractivity contribution in [3.8, 4) is 0 Å². The van der Waals surface area contributed by atoms with Gasteiger partial charge in [-0.15, -0.1) is 0 Å². The zero-order valence-electron chi connectivity index (χ0n) is 15.6. The molecule has 1 atom stereocenters. The second kappa shape index (κ2) is 8.81. The van der Waals surface area contributed by atoms with Crippen LogP contribution in [0.1, 0.15) is 29.9 Å². The largest absolute Gasteiger partial charge is 0.379 e. The summed E-state index contributed by atoms with van der Waals surface area (Å²) in [5.74, 6) is 0.445. The molecular formula is C23H30N2O. The molecule has 2 aromatic rings. The Balaban J connectivity index is 1.48. The topological polar surface area (TPSA) is 15.7 Å². The highest BCUT2D eigenvalue weighted by Crippen LogP contribution is 2.27. The zero-order chi connectivity index (χ0) is 17.6. The van der Waals surface area contributed by atoms with Gasteiger partial charge in [-0.05, 0) is 30.5 Å². The van der Waals surface area contributed by atoms with E-state index < -0.39 is 0 Å². The van der Waals surface area contributed by atoms with Gasteiger partial charge in [-0.3, -0.25) is 4.90 Å². The van der Waals surface area contributed by atoms with Gasteiger partial charge in [-0.1, -0.05) is 60.7 Å². The van der Waals surface area contributed by atoms with Crippen LogP contribution in [-0.4, -0.2) is 61.8 Å². The lowest BCUT2D eigenvalue weighted by Crippen LogP contribution is -2.52. The molecule has 3 heteroatoms. The van der Waals surface area contributed by atoms with E-state index in [1.807, 2.05) is 0 Å². The maximum atomic E-state index is 5.54. The van der Waals surface area contributed by atoms with Crippen molar-refractivity contribution in [2.45, 2.75) is 24.8 Å². The molecule has 138 valence electrons. The van der Waals surface area contributed by atoms with Crippen LogP contribution < -0.4 is 0 Å². The summed E-state index contributed by atoms with van der Waals surface area (Å²) in [7, 11) is 0. The predicted octanol–water partition coefficient (Wildman–Crippen LogP) is 3.62. The van der Waals surface area contributed by atoms with E-state index in [9.17, 15) is 0 Å². The molecule has 2 aliphatic heterocycles. The van der Waals surface area contributed by atoms with Crippen LogP contribution in [-0.2, 0) is 4.74 Å². The van der Waals surface area contributed by atoms with E-state index in [4.69, 9.17) is 4.74 Å². The predicted molar refractivity (Wildman–Crippen MR) is 107 cm³/mol. The monoisotopic (exact) mass is 350 g/mol. The maximum Gasteiger partial charge on any atom is 0.0594 e. The van der Waals surface area contributed by atoms with Crippen LogP contribution in [0.25, 0.3) is 0 Å². The normalized spacial score (nSPS) is 22.6. The van der Waals surface area contributed by atoms with Crippen LogP contribution in [0.3, 0.4) is 0 Å². The fourth-order valence-electron chi connectivity index (χ4n) is 4.47. The first-order valence-corrected chi connectivity index (χ1v) is 10.0. The Morgan fingerprint density at radius 2 is 1.46 bits per heavy atom. The SMILES string of the molecule is c1ccc(C(CN2CCC[C@H](N3CCOCC3)C2)c2ccccc2)cc1. The quantitative estimate of drug-likeness (QED) is 0.819. The number of benzene rings is 2. The third kappa shape index (κ3) is 4.35. The van der Waals surface area contributed by atoms with E-state index in [1.165, 1.54) is 37.1 Å². The Morgan fingerprint density at radius 1 is 0.846 bits per heavy atom. The number of hydrogen-bond acceptors (Lipinski definition) is 3. The van der Waals surface area contributed by atoms with Crippen molar-refractivity contribution >= 4 is 0 Å². The summed E-state index contributed by atoms with van der Waals surface area (Å²) in [5, 5.41) is 0. The molecule has 2 heterocycles. The van der Waals surface area contributed by atoms with Gasteiger partial charge in [0.25, 0.3) is 0 Å². The first-order chi connectivity index (χ1) is 12.9. The molecule has 0 aromatic heterocycles. The van der Waals surface area contributed by atoms with Gasteiger partial charge in [0.2, 0.25) is 0 Å². The third-order valence-corrected chi connectivity index (χ3v) is 5.89. The average molecular weight is 351 g/mol. The number of ether oxygens (including phenoxy) is 1. The summed E-state index contributed by atoms with van der Waals surface area (Å²) in [6.45, 7) is 7.50. The van der Waals surface area contributed by atoms with Crippen LogP contribution in [0.2, 0.25) is 0 Å². The Bertz CT molecular complexity index is 615. The minimum atomic E-state index is 0.445. The molecular weight excluding hydrogens is 320 g/mol. The molecule has 2 aliphatic rings. The molecule has 4 rings (SSSR count). The number of rotatable bonds is 5. The lowest BCUT2D eigenvalue weighted by molar-refractivity contribution is -0.00287. The van der Waals surface area contributed by atoms with E-state index in [0.717, 1.165) is 32.8 Å². The van der Waals surface area contributed by atoms with Crippen LogP contribution >= 0.6 is 0 Å². The van der Waals surface area contributed by atoms with E-state index in [-0.39, 0.29) is 0 Å². The minimum Gasteiger partial charge on any atom is -0.379 e. The number of piperidine rings is 1. The summed E-state index contributed by atoms with van der Waals surface area (Å²) in [6.07, 6.45) is 2.64. The fraction of sp³-hybridized carbons (Fsp3) is 0.478. The first-order valence-electron chi connectivity index (χ1n) is 10.0. The van der Waals surface area contributed by atoms with Crippen LogP contribution in [0.4, 0.5) is 0 Å². The summed E-state index contributed by atoms with van der Waals surface area (Å²) in [4.78, 5) is 5.34. The number of morpholine rings is 1. The zero-order valence-corrected chi connectivity index (χ0v) is 15.6. The van der Waals surface area contributed by atoms with E-state index >= 15 is 0 Å². The van der Waals surface area contributed by atoms with E-state index in [1.54, 1.807) is 0 Å². The molecule has 0 N–H and O–H groups in total. The van der Waals surface area contributed by atoms with Gasteiger partial charge in [0.05, 0.1) is 13.2 Å². The minimum absolute atomic E-state index is 0.445. The Hall–Kier alpha value is -1.68. The molecule has 2 aromatic carbocycles. The standard InChI is InChI=1S/C23H30N2O/c1-3-8-20(9-4-1)23(21-10-5-2-6-11-21)19-24-13-7-12-22(18-24)25-14-16-26-17-15-25/h1-6,8-11,22-23H,7,12-19H2/t22-/m0/s1. The molecule has 0 spiro atoms. The summed E-state index contributed by atoms with van der Waals surface area (Å²) < 4.78 is 5.54. The van der Waals surface area contributed by atoms with Crippen molar-refractivity contribution < 1.29 is 4.74 Å². The number of hydrogen-bond donors (Lipinski definition) is 0. The second-order valence-electron chi connectivity index (χ2n) is 7.58. The molecule has 0 saturated carbocycles. The van der Waals surface area contributed by atoms with Gasteiger partial charge in [-0.2, -0.15) is 0 Å². The molecule has 0 radical (unpaired) electrons. The molecule has 2 saturated heterocycles. The number of nitrogens with zero attached hydrogens (tertiary/aromatic N) is 2. The summed E-state index contributed by atoms with van der Waals surface area (Å²) in [5.41, 5.74) is 2.85. The highest BCUT2D eigenvalue weighted by Gasteiger charge is 2.28. The lowest BCUT2D eigenvalue weighted by Gasteiger charge is -2.42. The Kier molecular flexibility index (Phi) is 6.00. The van der Waals surface area contributed by atoms with Crippen LogP contribution in [0, 0.1) is 0 Å². The van der Waals surface area contributed by atoms with Gasteiger partial charge in [0.1, 0.15) is 0 Å². The Morgan fingerprint density at radius 3 is 2.08 bits per heavy atom. The lowest BCUT2D eigenvalue weighted by atomic mass is 9.90. The molecule has 26 heavy (non-hydrogen) atoms. The van der Waals surface area contributed by atoms with Gasteiger partial charge in [-0.25, -0.2) is 0 Å². The highest BCUT2D eigenvalue weighted by molar-refractivity contribution is 5.32. The molecule has 0 bridgehead atoms. The summed E-state index contributed by atoms with van der Waals surface area (Å²) in [6, 6.07) is 22.7. The number of likely N-dealkylation sites (tertiary alicyclic amines) is 1. The Labute approximate surface area is 157 Å². The molecule has 2 fully saturated rings. The van der Waals surface area contributed by atoms with Gasteiger partial charge in [0.15, 0.2) is 0 Å². The van der Waals surface area contributed by atoms with Crippen molar-refractivity contribution in [2.75, 3.05) is 45.9 Å². The van der Waals surface area contributed by atoms with E-state index in [2.05, 4.69) is 70.5 Å². The highest BCUT2D eigenvalue weighted by atomic mass is 16.5. The van der Waals surface area contributed by atoms with Gasteiger partial charge < -0.3 is 9.64 Å². The van der Waals surface area contributed by atoms with Crippen molar-refractivity contribution in [1.29, 1.82) is 0 Å². The second-order valence-corrected chi connectivity index (χ2v) is 7.58. The maximum absolute atomic E-state index is 5.54. The molecule has 0 amide bonds. The van der Waals surface area contributed by atoms with Crippen molar-refractivity contribution in [2.24, 2.45) is 0 Å². The fourth-order valence-corrected chi connectivity index (χ4v) is 4.47.